The zero-order chi connectivity index (χ0) is 16.7. The fraction of sp³-hybridized carbons (Fsp3) is 0.235. The summed E-state index contributed by atoms with van der Waals surface area (Å²) in [6, 6.07) is 12.9. The van der Waals surface area contributed by atoms with E-state index in [-0.39, 0.29) is 24.1 Å². The number of carbonyl (C=O) groups excluding carboxylic acids is 2. The predicted molar refractivity (Wildman–Crippen MR) is 88.3 cm³/mol. The van der Waals surface area contributed by atoms with Gasteiger partial charge >= 0.3 is 5.97 Å². The quantitative estimate of drug-likeness (QED) is 0.650. The number of pyridine rings is 1. The molecule has 2 rings (SSSR count). The highest BCUT2D eigenvalue weighted by Crippen LogP contribution is 2.19. The average molecular weight is 333 g/mol. The number of nitrogens with zero attached hydrogens (tertiary/aromatic N) is 1. The maximum atomic E-state index is 11.8. The van der Waals surface area contributed by atoms with E-state index in [1.165, 1.54) is 6.20 Å². The minimum absolute atomic E-state index is 0.0273. The molecule has 1 N–H and O–H groups in total. The maximum Gasteiger partial charge on any atom is 0.306 e. The standard InChI is InChI=1S/C17H17ClN2O3/c1-12(13-6-3-2-4-7-13)10-16(22)23-11-15(21)20-14-8-5-9-19-17(14)18/h2-9,12H,10-11H2,1H3,(H,20,21)/t12-/m1/s1. The minimum Gasteiger partial charge on any atom is -0.456 e. The number of hydrogen-bond donors (Lipinski definition) is 1. The number of ether oxygens (including phenoxy) is 1. The molecule has 0 aliphatic rings. The van der Waals surface area contributed by atoms with Gasteiger partial charge in [0.05, 0.1) is 12.1 Å². The molecule has 5 nitrogen and oxygen atoms in total. The number of halogens is 1. The summed E-state index contributed by atoms with van der Waals surface area (Å²) in [5.74, 6) is -0.853. The molecule has 0 unspecified atom stereocenters. The van der Waals surface area contributed by atoms with Crippen molar-refractivity contribution < 1.29 is 14.3 Å². The van der Waals surface area contributed by atoms with Crippen LogP contribution in [0.15, 0.2) is 48.7 Å². The third-order valence-electron chi connectivity index (χ3n) is 3.24. The topological polar surface area (TPSA) is 68.3 Å². The second-order valence-electron chi connectivity index (χ2n) is 5.07. The highest BCUT2D eigenvalue weighted by atomic mass is 35.5. The Balaban J connectivity index is 1.78. The lowest BCUT2D eigenvalue weighted by molar-refractivity contribution is -0.147. The van der Waals surface area contributed by atoms with Crippen molar-refractivity contribution >= 4 is 29.2 Å². The van der Waals surface area contributed by atoms with Gasteiger partial charge in [-0.25, -0.2) is 4.98 Å². The molecule has 0 aliphatic carbocycles. The highest BCUT2D eigenvalue weighted by Gasteiger charge is 2.14. The predicted octanol–water partition coefficient (Wildman–Crippen LogP) is 3.41. The first-order valence-corrected chi connectivity index (χ1v) is 7.55. The van der Waals surface area contributed by atoms with Gasteiger partial charge in [-0.1, -0.05) is 48.9 Å². The minimum atomic E-state index is -0.458. The number of nitrogens with one attached hydrogen (secondary N) is 1. The molecule has 2 aromatic rings. The lowest BCUT2D eigenvalue weighted by Crippen LogP contribution is -2.21. The number of esters is 1. The molecule has 120 valence electrons. The lowest BCUT2D eigenvalue weighted by atomic mass is 9.98. The van der Waals surface area contributed by atoms with E-state index in [1.807, 2.05) is 37.3 Å². The van der Waals surface area contributed by atoms with Crippen molar-refractivity contribution in [2.24, 2.45) is 0 Å². The summed E-state index contributed by atoms with van der Waals surface area (Å²) in [4.78, 5) is 27.4. The SMILES string of the molecule is C[C@H](CC(=O)OCC(=O)Nc1cccnc1Cl)c1ccccc1. The molecular weight excluding hydrogens is 316 g/mol. The number of carbonyl (C=O) groups is 2. The van der Waals surface area contributed by atoms with Crippen molar-refractivity contribution in [1.82, 2.24) is 4.98 Å². The molecule has 0 radical (unpaired) electrons. The first-order valence-electron chi connectivity index (χ1n) is 7.17. The number of hydrogen-bond acceptors (Lipinski definition) is 4. The van der Waals surface area contributed by atoms with Crippen molar-refractivity contribution in [2.45, 2.75) is 19.3 Å². The monoisotopic (exact) mass is 332 g/mol. The van der Waals surface area contributed by atoms with Crippen LogP contribution in [0.3, 0.4) is 0 Å². The normalized spacial score (nSPS) is 11.6. The average Bonchev–Trinajstić information content (AvgIpc) is 2.56. The fourth-order valence-electron chi connectivity index (χ4n) is 2.02. The summed E-state index contributed by atoms with van der Waals surface area (Å²) in [5.41, 5.74) is 1.43. The number of amides is 1. The Hall–Kier alpha value is -2.40. The molecule has 0 bridgehead atoms. The van der Waals surface area contributed by atoms with Crippen LogP contribution in [-0.4, -0.2) is 23.5 Å². The van der Waals surface area contributed by atoms with Crippen LogP contribution in [0.1, 0.15) is 24.8 Å². The van der Waals surface area contributed by atoms with Gasteiger partial charge in [-0.05, 0) is 23.6 Å². The molecule has 0 aliphatic heterocycles. The Labute approximate surface area is 139 Å². The Morgan fingerprint density at radius 3 is 2.65 bits per heavy atom. The Morgan fingerprint density at radius 1 is 1.22 bits per heavy atom. The maximum absolute atomic E-state index is 11.8. The molecule has 1 aromatic heterocycles. The number of rotatable bonds is 6. The Bertz CT molecular complexity index is 677. The molecule has 1 aromatic carbocycles. The second kappa shape index (κ2) is 8.29. The van der Waals surface area contributed by atoms with Gasteiger partial charge in [-0.2, -0.15) is 0 Å². The van der Waals surface area contributed by atoms with E-state index in [4.69, 9.17) is 16.3 Å². The smallest absolute Gasteiger partial charge is 0.306 e. The van der Waals surface area contributed by atoms with Crippen molar-refractivity contribution in [3.05, 3.63) is 59.4 Å². The number of benzene rings is 1. The van der Waals surface area contributed by atoms with Crippen LogP contribution in [0.25, 0.3) is 0 Å². The van der Waals surface area contributed by atoms with Gasteiger partial charge < -0.3 is 10.1 Å². The molecule has 0 spiro atoms. The Kier molecular flexibility index (Phi) is 6.11. The fourth-order valence-corrected chi connectivity index (χ4v) is 2.19. The van der Waals surface area contributed by atoms with E-state index < -0.39 is 11.9 Å². The van der Waals surface area contributed by atoms with Crippen LogP contribution < -0.4 is 5.32 Å². The summed E-state index contributed by atoms with van der Waals surface area (Å²) in [7, 11) is 0. The summed E-state index contributed by atoms with van der Waals surface area (Å²) >= 11 is 5.83. The summed E-state index contributed by atoms with van der Waals surface area (Å²) < 4.78 is 4.99. The molecule has 1 heterocycles. The van der Waals surface area contributed by atoms with Gasteiger partial charge in [0.2, 0.25) is 0 Å². The van der Waals surface area contributed by atoms with Gasteiger partial charge in [0.25, 0.3) is 5.91 Å². The third-order valence-corrected chi connectivity index (χ3v) is 3.54. The zero-order valence-electron chi connectivity index (χ0n) is 12.7. The van der Waals surface area contributed by atoms with Gasteiger partial charge in [-0.3, -0.25) is 9.59 Å². The molecule has 0 saturated heterocycles. The van der Waals surface area contributed by atoms with Gasteiger partial charge in [-0.15, -0.1) is 0 Å². The summed E-state index contributed by atoms with van der Waals surface area (Å²) in [6.07, 6.45) is 1.73. The highest BCUT2D eigenvalue weighted by molar-refractivity contribution is 6.32. The van der Waals surface area contributed by atoms with Crippen molar-refractivity contribution in [1.29, 1.82) is 0 Å². The first kappa shape index (κ1) is 17.0. The Morgan fingerprint density at radius 2 is 1.96 bits per heavy atom. The summed E-state index contributed by atoms with van der Waals surface area (Å²) in [6.45, 7) is 1.58. The molecule has 0 saturated carbocycles. The van der Waals surface area contributed by atoms with Crippen molar-refractivity contribution in [3.63, 3.8) is 0 Å². The van der Waals surface area contributed by atoms with Crippen molar-refractivity contribution in [2.75, 3.05) is 11.9 Å². The molecular formula is C17H17ClN2O3. The third kappa shape index (κ3) is 5.38. The number of aromatic nitrogens is 1. The van der Waals surface area contributed by atoms with E-state index >= 15 is 0 Å². The molecule has 1 amide bonds. The van der Waals surface area contributed by atoms with Crippen LogP contribution >= 0.6 is 11.6 Å². The number of anilines is 1. The van der Waals surface area contributed by atoms with Gasteiger partial charge in [0.15, 0.2) is 11.8 Å². The molecule has 0 fully saturated rings. The zero-order valence-corrected chi connectivity index (χ0v) is 13.4. The second-order valence-corrected chi connectivity index (χ2v) is 5.42. The van der Waals surface area contributed by atoms with Crippen LogP contribution in [-0.2, 0) is 14.3 Å². The van der Waals surface area contributed by atoms with E-state index in [1.54, 1.807) is 12.1 Å². The van der Waals surface area contributed by atoms with E-state index in [9.17, 15) is 9.59 Å². The summed E-state index contributed by atoms with van der Waals surface area (Å²) in [5, 5.41) is 2.73. The molecule has 23 heavy (non-hydrogen) atoms. The lowest BCUT2D eigenvalue weighted by Gasteiger charge is -2.11. The van der Waals surface area contributed by atoms with Crippen LogP contribution in [0.4, 0.5) is 5.69 Å². The van der Waals surface area contributed by atoms with Gasteiger partial charge in [0.1, 0.15) is 0 Å². The van der Waals surface area contributed by atoms with Crippen molar-refractivity contribution in [3.8, 4) is 0 Å². The van der Waals surface area contributed by atoms with Crippen LogP contribution in [0.2, 0.25) is 5.15 Å². The largest absolute Gasteiger partial charge is 0.456 e. The van der Waals surface area contributed by atoms with E-state index in [2.05, 4.69) is 10.3 Å². The first-order chi connectivity index (χ1) is 11.1. The van der Waals surface area contributed by atoms with Gasteiger partial charge in [0, 0.05) is 6.20 Å². The molecule has 1 atom stereocenters. The molecule has 6 heteroatoms. The van der Waals surface area contributed by atoms with E-state index in [0.29, 0.717) is 5.69 Å². The van der Waals surface area contributed by atoms with Crippen LogP contribution in [0, 0.1) is 0 Å². The van der Waals surface area contributed by atoms with Crippen LogP contribution in [0.5, 0.6) is 0 Å². The van der Waals surface area contributed by atoms with E-state index in [0.717, 1.165) is 5.56 Å².